The molecule has 0 aliphatic carbocycles. The van der Waals surface area contributed by atoms with Crippen molar-refractivity contribution in [2.75, 3.05) is 0 Å². The first-order valence-corrected chi connectivity index (χ1v) is 8.01. The molecular formula is C15H16ClN3S. The van der Waals surface area contributed by atoms with Gasteiger partial charge in [0.15, 0.2) is 0 Å². The third kappa shape index (κ3) is 2.45. The molecule has 0 aliphatic rings. The first-order valence-electron chi connectivity index (χ1n) is 6.66. The monoisotopic (exact) mass is 305 g/mol. The van der Waals surface area contributed by atoms with Gasteiger partial charge in [0.05, 0.1) is 23.5 Å². The number of aryl methyl sites for hydroxylation is 2. The zero-order valence-corrected chi connectivity index (χ0v) is 13.1. The van der Waals surface area contributed by atoms with Gasteiger partial charge in [0, 0.05) is 11.1 Å². The van der Waals surface area contributed by atoms with Crippen LogP contribution >= 0.6 is 22.9 Å². The number of thiazole rings is 1. The van der Waals surface area contributed by atoms with Crippen LogP contribution in [0.4, 0.5) is 0 Å². The van der Waals surface area contributed by atoms with Crippen molar-refractivity contribution in [3.05, 3.63) is 45.7 Å². The van der Waals surface area contributed by atoms with Gasteiger partial charge in [-0.1, -0.05) is 13.0 Å². The lowest BCUT2D eigenvalue weighted by Gasteiger charge is -2.05. The van der Waals surface area contributed by atoms with Crippen LogP contribution < -0.4 is 0 Å². The second kappa shape index (κ2) is 5.54. The molecule has 3 rings (SSSR count). The van der Waals surface area contributed by atoms with Crippen molar-refractivity contribution >= 4 is 34.0 Å². The van der Waals surface area contributed by atoms with Gasteiger partial charge in [0.1, 0.15) is 10.8 Å². The quantitative estimate of drug-likeness (QED) is 0.678. The maximum atomic E-state index is 6.04. The molecule has 0 saturated heterocycles. The summed E-state index contributed by atoms with van der Waals surface area (Å²) in [6.07, 6.45) is 2.99. The van der Waals surface area contributed by atoms with Crippen LogP contribution in [0.15, 0.2) is 24.4 Å². The molecule has 0 atom stereocenters. The van der Waals surface area contributed by atoms with Gasteiger partial charge in [-0.3, -0.25) is 0 Å². The first kappa shape index (κ1) is 13.6. The Balaban J connectivity index is 2.06. The van der Waals surface area contributed by atoms with E-state index in [2.05, 4.69) is 46.6 Å². The summed E-state index contributed by atoms with van der Waals surface area (Å²) in [6, 6.07) is 6.29. The summed E-state index contributed by atoms with van der Waals surface area (Å²) in [4.78, 5) is 10.4. The number of nitrogens with zero attached hydrogens (tertiary/aromatic N) is 3. The number of imidazole rings is 1. The predicted octanol–water partition coefficient (Wildman–Crippen LogP) is 4.15. The van der Waals surface area contributed by atoms with Crippen LogP contribution in [-0.2, 0) is 18.8 Å². The summed E-state index contributed by atoms with van der Waals surface area (Å²) in [5.74, 6) is 1.32. The summed E-state index contributed by atoms with van der Waals surface area (Å²) in [5.41, 5.74) is 3.36. The van der Waals surface area contributed by atoms with E-state index in [1.807, 2.05) is 6.20 Å². The van der Waals surface area contributed by atoms with E-state index in [1.54, 1.807) is 11.3 Å². The number of hydrogen-bond acceptors (Lipinski definition) is 3. The summed E-state index contributed by atoms with van der Waals surface area (Å²) < 4.78 is 2.17. The number of fused-ring (bicyclic) bond motifs is 1. The lowest BCUT2D eigenvalue weighted by Crippen LogP contribution is -2.03. The second-order valence-electron chi connectivity index (χ2n) is 4.81. The smallest absolute Gasteiger partial charge is 0.125 e. The fraction of sp³-hybridized carbons (Fsp3) is 0.333. The number of aromatic nitrogens is 3. The lowest BCUT2D eigenvalue weighted by atomic mass is 10.2. The van der Waals surface area contributed by atoms with Crippen molar-refractivity contribution in [1.82, 2.24) is 14.5 Å². The Morgan fingerprint density at radius 3 is 2.90 bits per heavy atom. The molecule has 20 heavy (non-hydrogen) atoms. The highest BCUT2D eigenvalue weighted by Crippen LogP contribution is 2.22. The Morgan fingerprint density at radius 2 is 2.20 bits per heavy atom. The molecule has 3 aromatic rings. The van der Waals surface area contributed by atoms with E-state index in [0.717, 1.165) is 34.8 Å². The number of benzene rings is 1. The summed E-state index contributed by atoms with van der Waals surface area (Å²) >= 11 is 7.80. The van der Waals surface area contributed by atoms with Crippen molar-refractivity contribution in [3.8, 4) is 0 Å². The van der Waals surface area contributed by atoms with Crippen LogP contribution in [0, 0.1) is 6.92 Å². The Bertz CT molecular complexity index is 745. The standard InChI is InChI=1S/C15H16ClN3S/c1-3-11-8-17-15(20-11)9-19-13-6-10(2)4-5-12(13)18-14(19)7-16/h4-6,8H,3,7,9H2,1-2H3. The Kier molecular flexibility index (Phi) is 3.76. The minimum atomic E-state index is 0.416. The van der Waals surface area contributed by atoms with Crippen molar-refractivity contribution in [3.63, 3.8) is 0 Å². The van der Waals surface area contributed by atoms with E-state index in [4.69, 9.17) is 11.6 Å². The summed E-state index contributed by atoms with van der Waals surface area (Å²) in [7, 11) is 0. The predicted molar refractivity (Wildman–Crippen MR) is 84.6 cm³/mol. The molecule has 3 nitrogen and oxygen atoms in total. The van der Waals surface area contributed by atoms with Gasteiger partial charge in [-0.05, 0) is 31.0 Å². The molecule has 1 aromatic carbocycles. The topological polar surface area (TPSA) is 30.7 Å². The Morgan fingerprint density at radius 1 is 1.35 bits per heavy atom. The summed E-state index contributed by atoms with van der Waals surface area (Å²) in [5, 5.41) is 1.11. The lowest BCUT2D eigenvalue weighted by molar-refractivity contribution is 0.772. The number of hydrogen-bond donors (Lipinski definition) is 0. The highest BCUT2D eigenvalue weighted by molar-refractivity contribution is 7.11. The molecular weight excluding hydrogens is 290 g/mol. The zero-order valence-electron chi connectivity index (χ0n) is 11.6. The van der Waals surface area contributed by atoms with Crippen LogP contribution in [0.2, 0.25) is 0 Å². The Labute approximate surface area is 127 Å². The molecule has 0 spiro atoms. The average Bonchev–Trinajstić information content (AvgIpc) is 3.04. The van der Waals surface area contributed by atoms with E-state index in [1.165, 1.54) is 10.4 Å². The summed E-state index contributed by atoms with van der Waals surface area (Å²) in [6.45, 7) is 4.99. The molecule has 2 aromatic heterocycles. The van der Waals surface area contributed by atoms with Crippen molar-refractivity contribution in [1.29, 1.82) is 0 Å². The molecule has 0 bridgehead atoms. The molecule has 0 radical (unpaired) electrons. The Hall–Kier alpha value is -1.39. The van der Waals surface area contributed by atoms with Gasteiger partial charge in [0.25, 0.3) is 0 Å². The number of alkyl halides is 1. The fourth-order valence-corrected chi connectivity index (χ4v) is 3.34. The van der Waals surface area contributed by atoms with Crippen LogP contribution in [0.3, 0.4) is 0 Å². The minimum absolute atomic E-state index is 0.416. The normalized spacial score (nSPS) is 11.3. The van der Waals surface area contributed by atoms with Gasteiger partial charge in [0.2, 0.25) is 0 Å². The van der Waals surface area contributed by atoms with E-state index in [0.29, 0.717) is 5.88 Å². The molecule has 0 N–H and O–H groups in total. The third-order valence-electron chi connectivity index (χ3n) is 3.35. The zero-order chi connectivity index (χ0) is 14.1. The van der Waals surface area contributed by atoms with Crippen LogP contribution in [0.25, 0.3) is 11.0 Å². The van der Waals surface area contributed by atoms with Crippen LogP contribution in [-0.4, -0.2) is 14.5 Å². The van der Waals surface area contributed by atoms with E-state index < -0.39 is 0 Å². The number of rotatable bonds is 4. The molecule has 0 fully saturated rings. The largest absolute Gasteiger partial charge is 0.320 e. The van der Waals surface area contributed by atoms with Crippen LogP contribution in [0.5, 0.6) is 0 Å². The highest BCUT2D eigenvalue weighted by atomic mass is 35.5. The van der Waals surface area contributed by atoms with Gasteiger partial charge in [-0.2, -0.15) is 0 Å². The maximum absolute atomic E-state index is 6.04. The maximum Gasteiger partial charge on any atom is 0.125 e. The molecule has 5 heteroatoms. The second-order valence-corrected chi connectivity index (χ2v) is 6.28. The fourth-order valence-electron chi connectivity index (χ4n) is 2.28. The minimum Gasteiger partial charge on any atom is -0.320 e. The number of halogens is 1. The molecule has 2 heterocycles. The van der Waals surface area contributed by atoms with Gasteiger partial charge in [-0.15, -0.1) is 22.9 Å². The molecule has 104 valence electrons. The van der Waals surface area contributed by atoms with Crippen molar-refractivity contribution in [2.45, 2.75) is 32.7 Å². The molecule has 0 amide bonds. The van der Waals surface area contributed by atoms with Gasteiger partial charge < -0.3 is 4.57 Å². The molecule has 0 unspecified atom stereocenters. The third-order valence-corrected chi connectivity index (χ3v) is 4.71. The SMILES string of the molecule is CCc1cnc(Cn2c(CCl)nc3ccc(C)cc32)s1. The van der Waals surface area contributed by atoms with Crippen molar-refractivity contribution in [2.24, 2.45) is 0 Å². The first-order chi connectivity index (χ1) is 9.71. The van der Waals surface area contributed by atoms with E-state index in [9.17, 15) is 0 Å². The van der Waals surface area contributed by atoms with Crippen molar-refractivity contribution < 1.29 is 0 Å². The van der Waals surface area contributed by atoms with Gasteiger partial charge >= 0.3 is 0 Å². The van der Waals surface area contributed by atoms with Crippen LogP contribution in [0.1, 0.15) is 28.2 Å². The highest BCUT2D eigenvalue weighted by Gasteiger charge is 2.12. The van der Waals surface area contributed by atoms with Gasteiger partial charge in [-0.25, -0.2) is 9.97 Å². The molecule has 0 aliphatic heterocycles. The van der Waals surface area contributed by atoms with E-state index >= 15 is 0 Å². The average molecular weight is 306 g/mol. The van der Waals surface area contributed by atoms with E-state index in [-0.39, 0.29) is 0 Å². The molecule has 0 saturated carbocycles.